The van der Waals surface area contributed by atoms with Crippen molar-refractivity contribution in [2.45, 2.75) is 58.5 Å². The molecule has 1 saturated heterocycles. The zero-order valence-electron chi connectivity index (χ0n) is 12.4. The monoisotopic (exact) mass is 269 g/mol. The largest absolute Gasteiger partial charge is 0.356 e. The van der Waals surface area contributed by atoms with Crippen LogP contribution >= 0.6 is 0 Å². The van der Waals surface area contributed by atoms with Gasteiger partial charge in [0.2, 0.25) is 11.8 Å². The summed E-state index contributed by atoms with van der Waals surface area (Å²) in [6.07, 6.45) is 3.46. The molecular formula is C14H27N3O2. The molecular weight excluding hydrogens is 242 g/mol. The molecule has 0 aromatic heterocycles. The summed E-state index contributed by atoms with van der Waals surface area (Å²) < 4.78 is 0. The van der Waals surface area contributed by atoms with E-state index in [-0.39, 0.29) is 17.9 Å². The maximum atomic E-state index is 12.1. The Balaban J connectivity index is 2.15. The van der Waals surface area contributed by atoms with Gasteiger partial charge in [-0.2, -0.15) is 0 Å². The minimum absolute atomic E-state index is 0.0136. The van der Waals surface area contributed by atoms with Crippen molar-refractivity contribution in [3.8, 4) is 0 Å². The van der Waals surface area contributed by atoms with Gasteiger partial charge in [-0.15, -0.1) is 0 Å². The van der Waals surface area contributed by atoms with Crippen LogP contribution in [-0.2, 0) is 9.59 Å². The maximum absolute atomic E-state index is 12.1. The van der Waals surface area contributed by atoms with Crippen molar-refractivity contribution in [2.24, 2.45) is 0 Å². The second-order valence-corrected chi connectivity index (χ2v) is 5.36. The van der Waals surface area contributed by atoms with Gasteiger partial charge in [-0.05, 0) is 26.7 Å². The number of carbonyl (C=O) groups is 2. The van der Waals surface area contributed by atoms with Gasteiger partial charge >= 0.3 is 0 Å². The summed E-state index contributed by atoms with van der Waals surface area (Å²) in [4.78, 5) is 24.8. The molecule has 0 spiro atoms. The van der Waals surface area contributed by atoms with E-state index in [9.17, 15) is 9.59 Å². The quantitative estimate of drug-likeness (QED) is 0.704. The number of rotatable bonds is 6. The van der Waals surface area contributed by atoms with E-state index in [1.165, 1.54) is 6.92 Å². The third kappa shape index (κ3) is 5.59. The van der Waals surface area contributed by atoms with Crippen molar-refractivity contribution in [1.82, 2.24) is 15.5 Å². The van der Waals surface area contributed by atoms with Crippen LogP contribution in [0, 0.1) is 0 Å². The predicted molar refractivity (Wildman–Crippen MR) is 75.8 cm³/mol. The van der Waals surface area contributed by atoms with Gasteiger partial charge in [-0.1, -0.05) is 6.42 Å². The van der Waals surface area contributed by atoms with Gasteiger partial charge < -0.3 is 15.5 Å². The first-order chi connectivity index (χ1) is 9.02. The lowest BCUT2D eigenvalue weighted by atomic mass is 10.1. The highest BCUT2D eigenvalue weighted by Gasteiger charge is 2.27. The molecule has 1 fully saturated rings. The lowest BCUT2D eigenvalue weighted by molar-refractivity contribution is -0.135. The highest BCUT2D eigenvalue weighted by molar-refractivity contribution is 5.76. The lowest BCUT2D eigenvalue weighted by Gasteiger charge is -2.38. The number of carbonyl (C=O) groups excluding carboxylic acids is 2. The Bertz CT molecular complexity index is 307. The molecule has 0 radical (unpaired) electrons. The third-order valence-corrected chi connectivity index (χ3v) is 3.80. The van der Waals surface area contributed by atoms with E-state index in [0.717, 1.165) is 32.4 Å². The van der Waals surface area contributed by atoms with E-state index in [0.29, 0.717) is 19.0 Å². The molecule has 19 heavy (non-hydrogen) atoms. The van der Waals surface area contributed by atoms with E-state index < -0.39 is 0 Å². The number of piperazine rings is 1. The zero-order chi connectivity index (χ0) is 14.3. The van der Waals surface area contributed by atoms with Crippen molar-refractivity contribution < 1.29 is 9.59 Å². The molecule has 1 rings (SSSR count). The SMILES string of the molecule is CC(=O)NCCCCCC(=O)N1CCNC(C)C1C. The van der Waals surface area contributed by atoms with Crippen LogP contribution in [0.5, 0.6) is 0 Å². The maximum Gasteiger partial charge on any atom is 0.222 e. The summed E-state index contributed by atoms with van der Waals surface area (Å²) in [6.45, 7) is 8.17. The van der Waals surface area contributed by atoms with Crippen molar-refractivity contribution in [2.75, 3.05) is 19.6 Å². The summed E-state index contributed by atoms with van der Waals surface area (Å²) in [5.74, 6) is 0.278. The first-order valence-electron chi connectivity index (χ1n) is 7.29. The van der Waals surface area contributed by atoms with Crippen LogP contribution in [0.25, 0.3) is 0 Å². The molecule has 2 atom stereocenters. The minimum Gasteiger partial charge on any atom is -0.356 e. The number of hydrogen-bond donors (Lipinski definition) is 2. The van der Waals surface area contributed by atoms with Gasteiger partial charge in [0.25, 0.3) is 0 Å². The fourth-order valence-electron chi connectivity index (χ4n) is 2.39. The molecule has 1 aliphatic heterocycles. The number of nitrogens with one attached hydrogen (secondary N) is 2. The van der Waals surface area contributed by atoms with Gasteiger partial charge in [0.1, 0.15) is 0 Å². The third-order valence-electron chi connectivity index (χ3n) is 3.80. The Hall–Kier alpha value is -1.10. The highest BCUT2D eigenvalue weighted by Crippen LogP contribution is 2.12. The topological polar surface area (TPSA) is 61.4 Å². The molecule has 0 aromatic carbocycles. The number of hydrogen-bond acceptors (Lipinski definition) is 3. The van der Waals surface area contributed by atoms with Crippen LogP contribution in [0.3, 0.4) is 0 Å². The van der Waals surface area contributed by atoms with Crippen LogP contribution in [-0.4, -0.2) is 48.4 Å². The summed E-state index contributed by atoms with van der Waals surface area (Å²) in [6, 6.07) is 0.651. The number of amides is 2. The fourth-order valence-corrected chi connectivity index (χ4v) is 2.39. The summed E-state index contributed by atoms with van der Waals surface area (Å²) >= 11 is 0. The molecule has 0 aliphatic carbocycles. The van der Waals surface area contributed by atoms with Gasteiger partial charge in [0.15, 0.2) is 0 Å². The van der Waals surface area contributed by atoms with E-state index in [2.05, 4.69) is 24.5 Å². The highest BCUT2D eigenvalue weighted by atomic mass is 16.2. The van der Waals surface area contributed by atoms with E-state index in [4.69, 9.17) is 0 Å². The number of unbranched alkanes of at least 4 members (excludes halogenated alkanes) is 2. The smallest absolute Gasteiger partial charge is 0.222 e. The van der Waals surface area contributed by atoms with Gasteiger partial charge in [0.05, 0.1) is 0 Å². The Morgan fingerprint density at radius 2 is 2.00 bits per heavy atom. The first kappa shape index (κ1) is 16.0. The predicted octanol–water partition coefficient (Wildman–Crippen LogP) is 0.892. The van der Waals surface area contributed by atoms with Crippen LogP contribution in [0.4, 0.5) is 0 Å². The molecule has 2 unspecified atom stereocenters. The molecule has 110 valence electrons. The van der Waals surface area contributed by atoms with E-state index >= 15 is 0 Å². The molecule has 1 aliphatic rings. The van der Waals surface area contributed by atoms with Crippen LogP contribution in [0.15, 0.2) is 0 Å². The summed E-state index contributed by atoms with van der Waals surface area (Å²) in [7, 11) is 0. The Morgan fingerprint density at radius 3 is 2.68 bits per heavy atom. The molecule has 0 bridgehead atoms. The van der Waals surface area contributed by atoms with E-state index in [1.54, 1.807) is 0 Å². The van der Waals surface area contributed by atoms with Crippen molar-refractivity contribution in [1.29, 1.82) is 0 Å². The standard InChI is InChI=1S/C14H27N3O2/c1-11-12(2)17(10-9-15-11)14(19)7-5-4-6-8-16-13(3)18/h11-12,15H,4-10H2,1-3H3,(H,16,18). The molecule has 5 nitrogen and oxygen atoms in total. The van der Waals surface area contributed by atoms with Crippen LogP contribution in [0.1, 0.15) is 46.5 Å². The van der Waals surface area contributed by atoms with E-state index in [1.807, 2.05) is 4.90 Å². The second-order valence-electron chi connectivity index (χ2n) is 5.36. The van der Waals surface area contributed by atoms with Crippen molar-refractivity contribution >= 4 is 11.8 Å². The Morgan fingerprint density at radius 1 is 1.26 bits per heavy atom. The number of nitrogens with zero attached hydrogens (tertiary/aromatic N) is 1. The van der Waals surface area contributed by atoms with Gasteiger partial charge in [-0.3, -0.25) is 9.59 Å². The molecule has 1 heterocycles. The molecule has 0 aromatic rings. The Labute approximate surface area is 116 Å². The first-order valence-corrected chi connectivity index (χ1v) is 7.29. The van der Waals surface area contributed by atoms with Crippen molar-refractivity contribution in [3.63, 3.8) is 0 Å². The lowest BCUT2D eigenvalue weighted by Crippen LogP contribution is -2.57. The summed E-state index contributed by atoms with van der Waals surface area (Å²) in [5.41, 5.74) is 0. The fraction of sp³-hybridized carbons (Fsp3) is 0.857. The van der Waals surface area contributed by atoms with Crippen LogP contribution in [0.2, 0.25) is 0 Å². The van der Waals surface area contributed by atoms with Gasteiger partial charge in [-0.25, -0.2) is 0 Å². The minimum atomic E-state index is 0.0136. The summed E-state index contributed by atoms with van der Waals surface area (Å²) in [5, 5.41) is 6.14. The molecule has 2 amide bonds. The molecule has 5 heteroatoms. The van der Waals surface area contributed by atoms with Crippen molar-refractivity contribution in [3.05, 3.63) is 0 Å². The average Bonchev–Trinajstić information content (AvgIpc) is 2.36. The zero-order valence-corrected chi connectivity index (χ0v) is 12.4. The molecule has 2 N–H and O–H groups in total. The Kier molecular flexibility index (Phi) is 6.84. The molecule has 0 saturated carbocycles. The van der Waals surface area contributed by atoms with Gasteiger partial charge in [0, 0.05) is 45.1 Å². The normalized spacial score (nSPS) is 23.2. The van der Waals surface area contributed by atoms with Crippen LogP contribution < -0.4 is 10.6 Å². The average molecular weight is 269 g/mol. The second kappa shape index (κ2) is 8.15.